The fourth-order valence-electron chi connectivity index (χ4n) is 17.7. The van der Waals surface area contributed by atoms with Gasteiger partial charge in [-0.3, -0.25) is 16.2 Å². The Hall–Kier alpha value is -26.1. The average molecular weight is 8000 g/mol. The fourth-order valence-corrected chi connectivity index (χ4v) is 17.7. The van der Waals surface area contributed by atoms with Gasteiger partial charge >= 0.3 is 12.4 Å². The monoisotopic (exact) mass is 8000 g/mol. The van der Waals surface area contributed by atoms with Gasteiger partial charge in [-0.25, -0.2) is 79.0 Å². The first-order chi connectivity index (χ1) is 48.3. The second-order valence-corrected chi connectivity index (χ2v) is 29.2. The average Bonchev–Trinajstić information content (AvgIpc) is 1.52. The smallest absolute Gasteiger partial charge is 0.366 e. The Labute approximate surface area is 609 Å². The molecule has 0 spiro atoms. The molecular formula is C74H110F26O6Rf24-12. The number of aliphatic hydroxyl groups excluding tert-OH is 6. The standard InChI is InChI=1S/C12H14F6O.C11H14F4O.C11H15F3O.C10H10F6O.C9H10F4O.C9H11F3O.6C2H6.24Rf/c1-9-3-2-7(4-9)10(6-9,12(16,17)18)5-8(19)11(13,14)15;1-9-3-2-7(4-9)10(12,6-9)5-8(16)11(13,14)15;1-10-3-2-7(5-10)8(6-10)4-9(15)11(12,13)14;11-9(12,13)7(17)8(10(14,15)16)4-5-1-2-6(8)3-5;10-8(7(14)9(11,12)13)4-5-1-2-6(8)3-5;10-9(11,12)8(13)7-4-5-1-2-6(7)3-5;6*1-2;;;;;;;;;;;;;;;;;;;;;;;;/h19H,2-6H2,1H3;16H,2-6H2,1H3;8,15H,2-6H2,1H3;4-6,17H,1-3H2;4-6,14H,1-3H2;4-7,13H,1-3H2;6*1-2H3;;;;;;;;;;;;;;;;;;;;;;;;/q6*-2;;;;;;;;;;;;;;;;;;;;;;;;;;;;;;. The van der Waals surface area contributed by atoms with E-state index in [9.17, 15) is 114 Å². The third kappa shape index (κ3) is 31.7. The van der Waals surface area contributed by atoms with Crippen LogP contribution in [0.3, 0.4) is 0 Å². The van der Waals surface area contributed by atoms with E-state index in [1.54, 1.807) is 13.3 Å². The van der Waals surface area contributed by atoms with Crippen molar-refractivity contribution in [2.75, 3.05) is 0 Å². The maximum atomic E-state index is 14.3. The molecule has 12 aliphatic rings. The van der Waals surface area contributed by atoms with Gasteiger partial charge in [-0.15, -0.1) is 36.5 Å². The second kappa shape index (κ2) is 53.1. The molecule has 0 amide bonds. The van der Waals surface area contributed by atoms with Crippen LogP contribution in [-0.2, 0) is 0 Å². The second-order valence-electron chi connectivity index (χ2n) is 29.2. The molecule has 0 aliphatic heterocycles. The molecule has 0 radical (unpaired) electrons. The van der Waals surface area contributed by atoms with Gasteiger partial charge in [0.05, 0.1) is 0 Å². The molecule has 0 saturated heterocycles. The van der Waals surface area contributed by atoms with E-state index in [2.05, 4.69) is 6.92 Å². The zero-order valence-corrected chi connectivity index (χ0v) is 233. The number of fused-ring (bicyclic) bond motifs is 12. The number of aliphatic hydroxyl groups is 6. The summed E-state index contributed by atoms with van der Waals surface area (Å²) in [5.41, 5.74) is -10.8. The number of hydrogen-bond acceptors (Lipinski definition) is 6. The zero-order chi connectivity index (χ0) is 83.4. The summed E-state index contributed by atoms with van der Waals surface area (Å²) in [7, 11) is 0. The molecule has 6 N–H and O–H groups in total. The zero-order valence-electron chi connectivity index (χ0n) is 79.8. The molecule has 12 fully saturated rings. The Morgan fingerprint density at radius 2 is 0.692 bits per heavy atom. The van der Waals surface area contributed by atoms with Gasteiger partial charge in [-0.2, -0.15) is 107 Å². The molecular weight excluding hydrogens is 7890 g/mol. The summed E-state index contributed by atoms with van der Waals surface area (Å²) in [6.07, 6.45) is -37.7. The van der Waals surface area contributed by atoms with Crippen molar-refractivity contribution >= 4 is 0 Å². The molecule has 0 aromatic rings. The predicted molar refractivity (Wildman–Crippen MR) is 346 cm³/mol. The molecule has 12 rings (SSSR count). The van der Waals surface area contributed by atoms with Crippen LogP contribution in [0, 0.1) is 148 Å². The van der Waals surface area contributed by atoms with Crippen LogP contribution in [0.2, 0.25) is 0 Å². The third-order valence-corrected chi connectivity index (χ3v) is 22.0. The Morgan fingerprint density at radius 1 is 0.346 bits per heavy atom. The van der Waals surface area contributed by atoms with Gasteiger partial charge in [-0.1, -0.05) is 245 Å². The van der Waals surface area contributed by atoms with Crippen LogP contribution in [0.4, 0.5) is 114 Å². The Morgan fingerprint density at radius 3 is 0.931 bits per heavy atom. The molecule has 684 valence electrons. The van der Waals surface area contributed by atoms with E-state index in [-0.39, 0.29) is 79.4 Å². The van der Waals surface area contributed by atoms with Crippen LogP contribution in [0.1, 0.15) is 258 Å². The van der Waals surface area contributed by atoms with Gasteiger partial charge in [-0.05, 0) is 12.1 Å². The van der Waals surface area contributed by atoms with E-state index in [0.29, 0.717) is 56.8 Å². The van der Waals surface area contributed by atoms with Crippen LogP contribution in [-0.4, -0.2) is 91.4 Å². The van der Waals surface area contributed by atoms with E-state index in [1.165, 1.54) is 5.92 Å². The van der Waals surface area contributed by atoms with Crippen molar-refractivity contribution in [3.63, 3.8) is 0 Å². The Kier molecular flexibility index (Phi) is 70.4. The maximum absolute atomic E-state index is 14.3. The van der Waals surface area contributed by atoms with E-state index in [4.69, 9.17) is 30.6 Å². The van der Waals surface area contributed by atoms with Gasteiger partial charge < -0.3 is 66.1 Å². The van der Waals surface area contributed by atoms with Crippen molar-refractivity contribution < 1.29 is 145 Å². The van der Waals surface area contributed by atoms with Gasteiger partial charge in [0, 0.05) is 0 Å². The summed E-state index contributed by atoms with van der Waals surface area (Å²) in [5.74, 6) is -0.989. The van der Waals surface area contributed by atoms with Crippen LogP contribution < -0.4 is 0 Å². The third-order valence-electron chi connectivity index (χ3n) is 22.0. The first-order valence-corrected chi connectivity index (χ1v) is 36.6. The van der Waals surface area contributed by atoms with Crippen LogP contribution in [0.5, 0.6) is 0 Å². The normalized spacial score (nSPS) is 28.2. The predicted octanol–water partition coefficient (Wildman–Crippen LogP) is 27.2. The molecule has 0 aromatic heterocycles. The van der Waals surface area contributed by atoms with Crippen molar-refractivity contribution in [2.45, 2.75) is 319 Å². The van der Waals surface area contributed by atoms with E-state index in [1.807, 2.05) is 90.0 Å². The largest absolute Gasteiger partial charge is 0.557 e. The summed E-state index contributed by atoms with van der Waals surface area (Å²) < 4.78 is 327. The molecule has 6 nitrogen and oxygen atoms in total. The molecule has 56 heteroatoms. The minimum Gasteiger partial charge on any atom is -0.557 e. The van der Waals surface area contributed by atoms with E-state index in [0.717, 1.165) is 64.2 Å². The summed E-state index contributed by atoms with van der Waals surface area (Å²) in [6, 6.07) is 0. The van der Waals surface area contributed by atoms with Crippen LogP contribution >= 0.6 is 0 Å². The number of alkyl halides is 26. The fraction of sp³-hybridized carbons (Fsp3) is 0.838. The molecule has 0 heterocycles. The maximum Gasteiger partial charge on any atom is 0.366 e. The first kappa shape index (κ1) is 172. The Bertz CT molecular complexity index is 2610. The van der Waals surface area contributed by atoms with Crippen molar-refractivity contribution in [3.8, 4) is 0 Å². The number of halogens is 26. The molecule has 130 heavy (non-hydrogen) atoms. The minimum absolute atomic E-state index is 0. The van der Waals surface area contributed by atoms with Crippen molar-refractivity contribution in [2.24, 2.45) is 74.4 Å². The van der Waals surface area contributed by atoms with Crippen molar-refractivity contribution in [1.29, 1.82) is 0 Å². The SMILES string of the molecule is CC.CC.CC.CC.CC.CC.CC12CC[C-](C1)C(C[C-](O)C(F)(F)F)(C(F)(F)F)C2.CC12CC[C-](C1)C(C[C-](O)C(F)(F)F)C2.CC12CC[C-](C1)C(F)(C[C-](O)C(F)(F)F)C2.O[C-](C(F)(F)F)C1(C(F)(F)F)[CH-]C2CCC1C2.O[C-](C(F)(F)F)C1(F)[CH-]C2CCC1C2.O[C-](C1[CH-]C2CCC1C2)C(F)(F)F.[Rf].[Rf].[Rf].[Rf].[Rf].[Rf].[Rf].[Rf].[Rf].[Rf].[Rf].[Rf].[Rf].[Rf].[Rf].[Rf].[Rf].[Rf].[Rf].[Rf].[Rf].[Rf].[Rf].[Rf]. The van der Waals surface area contributed by atoms with Crippen LogP contribution in [0.25, 0.3) is 0 Å². The van der Waals surface area contributed by atoms with Gasteiger partial charge in [0.1, 0.15) is 0 Å². The Balaban J connectivity index is -0.0000000445. The van der Waals surface area contributed by atoms with Crippen LogP contribution in [0.15, 0.2) is 0 Å². The van der Waals surface area contributed by atoms with Gasteiger partial charge in [0.15, 0.2) is 0 Å². The van der Waals surface area contributed by atoms with E-state index < -0.39 is 150 Å². The minimum atomic E-state index is -5.34. The summed E-state index contributed by atoms with van der Waals surface area (Å²) in [5, 5.41) is 53.6. The molecule has 0 aromatic carbocycles. The molecule has 15 unspecified atom stereocenters. The quantitative estimate of drug-likeness (QED) is 0.101. The first-order valence-electron chi connectivity index (χ1n) is 36.6. The number of rotatable bonds is 9. The summed E-state index contributed by atoms with van der Waals surface area (Å²) in [4.78, 5) is 0. The number of hydrogen-bond donors (Lipinski definition) is 6. The molecule has 12 saturated carbocycles. The summed E-state index contributed by atoms with van der Waals surface area (Å²) >= 11 is 0. The molecule has 12 bridgehead atoms. The van der Waals surface area contributed by atoms with Gasteiger partial charge in [0.2, 0.25) is 0 Å². The summed E-state index contributed by atoms with van der Waals surface area (Å²) in [6.45, 7) is 29.7. The van der Waals surface area contributed by atoms with Crippen molar-refractivity contribution in [1.82, 2.24) is 0 Å². The topological polar surface area (TPSA) is 121 Å². The molecule has 12 aliphatic carbocycles. The van der Waals surface area contributed by atoms with Gasteiger partial charge in [0.25, 0.3) is 37.1 Å². The molecule has 15 atom stereocenters. The van der Waals surface area contributed by atoms with Crippen molar-refractivity contribution in [3.05, 3.63) is 73.6 Å². The van der Waals surface area contributed by atoms with E-state index >= 15 is 0 Å².